The summed E-state index contributed by atoms with van der Waals surface area (Å²) in [5, 5.41) is 2.70. The summed E-state index contributed by atoms with van der Waals surface area (Å²) in [7, 11) is 0. The van der Waals surface area contributed by atoms with Gasteiger partial charge in [0.15, 0.2) is 17.0 Å². The predicted octanol–water partition coefficient (Wildman–Crippen LogP) is 4.77. The van der Waals surface area contributed by atoms with E-state index in [1.165, 1.54) is 6.07 Å². The summed E-state index contributed by atoms with van der Waals surface area (Å²) in [5.41, 5.74) is 0.775. The fourth-order valence-electron chi connectivity index (χ4n) is 3.53. The average Bonchev–Trinajstić information content (AvgIpc) is 3.34. The van der Waals surface area contributed by atoms with Gasteiger partial charge in [0.1, 0.15) is 16.8 Å². The van der Waals surface area contributed by atoms with Gasteiger partial charge in [-0.25, -0.2) is 9.97 Å². The van der Waals surface area contributed by atoms with Crippen LogP contribution in [0.3, 0.4) is 0 Å². The van der Waals surface area contributed by atoms with Crippen LogP contribution >= 0.6 is 0 Å². The fourth-order valence-corrected chi connectivity index (χ4v) is 3.53. The molecule has 4 aromatic rings. The molecule has 0 atom stereocenters. The number of benzene rings is 1. The van der Waals surface area contributed by atoms with Crippen molar-refractivity contribution in [1.29, 1.82) is 0 Å². The summed E-state index contributed by atoms with van der Waals surface area (Å²) in [6.45, 7) is 0.131. The molecule has 7 nitrogen and oxygen atoms in total. The van der Waals surface area contributed by atoms with Crippen LogP contribution < -0.4 is 10.1 Å². The Hall–Kier alpha value is -3.30. The number of anilines is 1. The second kappa shape index (κ2) is 6.89. The first-order valence-electron chi connectivity index (χ1n) is 9.59. The molecule has 5 rings (SSSR count). The highest BCUT2D eigenvalue weighted by Gasteiger charge is 2.34. The number of imidazole rings is 1. The molecule has 0 unspecified atom stereocenters. The summed E-state index contributed by atoms with van der Waals surface area (Å²) < 4.78 is 51.8. The molecule has 2 bridgehead atoms. The second-order valence-corrected chi connectivity index (χ2v) is 7.28. The molecule has 1 aliphatic rings. The molecule has 0 aliphatic heterocycles. The number of rotatable bonds is 6. The monoisotopic (exact) mass is 418 g/mol. The van der Waals surface area contributed by atoms with Gasteiger partial charge in [-0.1, -0.05) is 0 Å². The average molecular weight is 418 g/mol. The smallest absolute Gasteiger partial charge is 0.433 e. The molecule has 4 aromatic heterocycles. The van der Waals surface area contributed by atoms with E-state index < -0.39 is 11.9 Å². The van der Waals surface area contributed by atoms with Gasteiger partial charge < -0.3 is 9.15 Å². The lowest BCUT2D eigenvalue weighted by Crippen LogP contribution is -2.23. The van der Waals surface area contributed by atoms with Crippen LogP contribution in [0, 0.1) is 0 Å². The number of nitrogens with one attached hydrogen (secondary N) is 1. The fraction of sp³-hybridized carbons (Fsp3) is 0.350. The number of ether oxygens (including phenoxy) is 1. The number of carbonyl (C=O) groups excluding carboxylic acids is 1. The summed E-state index contributed by atoms with van der Waals surface area (Å²) in [6, 6.07) is 7.49. The molecule has 0 saturated heterocycles. The van der Waals surface area contributed by atoms with Crippen molar-refractivity contribution in [2.24, 2.45) is 0 Å². The zero-order chi connectivity index (χ0) is 20.9. The van der Waals surface area contributed by atoms with Crippen LogP contribution in [-0.2, 0) is 11.0 Å². The maximum atomic E-state index is 13.1. The second-order valence-electron chi connectivity index (χ2n) is 7.28. The summed E-state index contributed by atoms with van der Waals surface area (Å²) >= 11 is 0. The third kappa shape index (κ3) is 3.31. The van der Waals surface area contributed by atoms with E-state index in [2.05, 4.69) is 15.3 Å². The van der Waals surface area contributed by atoms with Crippen molar-refractivity contribution < 1.29 is 27.1 Å². The Balaban J connectivity index is 1.33. The molecule has 1 aliphatic carbocycles. The van der Waals surface area contributed by atoms with E-state index in [0.717, 1.165) is 25.3 Å². The minimum Gasteiger partial charge on any atom is -0.489 e. The molecule has 4 heterocycles. The Labute approximate surface area is 168 Å². The first-order chi connectivity index (χ1) is 14.4. The summed E-state index contributed by atoms with van der Waals surface area (Å²) in [6.07, 6.45) is -1.93. The number of furan rings is 2. The number of pyridine rings is 1. The lowest BCUT2D eigenvalue weighted by atomic mass is 9.93. The van der Waals surface area contributed by atoms with Gasteiger partial charge in [0, 0.05) is 12.1 Å². The van der Waals surface area contributed by atoms with Crippen LogP contribution in [0.15, 0.2) is 34.7 Å². The van der Waals surface area contributed by atoms with Crippen LogP contribution in [0.2, 0.25) is 0 Å². The summed E-state index contributed by atoms with van der Waals surface area (Å²) in [4.78, 5) is 20.5. The predicted molar refractivity (Wildman–Crippen MR) is 102 cm³/mol. The van der Waals surface area contributed by atoms with E-state index in [9.17, 15) is 18.0 Å². The van der Waals surface area contributed by atoms with Crippen molar-refractivity contribution >= 4 is 34.2 Å². The highest BCUT2D eigenvalue weighted by atomic mass is 19.4. The topological polar surface area (TPSA) is 82.2 Å². The van der Waals surface area contributed by atoms with E-state index in [1.807, 2.05) is 6.07 Å². The molecule has 156 valence electrons. The van der Waals surface area contributed by atoms with Crippen LogP contribution in [0.1, 0.15) is 37.4 Å². The zero-order valence-corrected chi connectivity index (χ0v) is 15.7. The highest BCUT2D eigenvalue weighted by molar-refractivity contribution is 5.91. The molecule has 1 N–H and O–H groups in total. The number of fused-ring (bicyclic) bond motifs is 3. The Morgan fingerprint density at radius 3 is 2.70 bits per heavy atom. The van der Waals surface area contributed by atoms with Gasteiger partial charge >= 0.3 is 6.18 Å². The Morgan fingerprint density at radius 2 is 2.07 bits per heavy atom. The van der Waals surface area contributed by atoms with Crippen LogP contribution in [0.5, 0.6) is 5.75 Å². The van der Waals surface area contributed by atoms with Gasteiger partial charge in [0.2, 0.25) is 11.9 Å². The van der Waals surface area contributed by atoms with Crippen LogP contribution in [0.4, 0.5) is 19.1 Å². The first-order valence-corrected chi connectivity index (χ1v) is 9.59. The van der Waals surface area contributed by atoms with Gasteiger partial charge in [0.25, 0.3) is 0 Å². The third-order valence-electron chi connectivity index (χ3n) is 5.25. The van der Waals surface area contributed by atoms with Gasteiger partial charge in [-0.2, -0.15) is 13.2 Å². The van der Waals surface area contributed by atoms with Crippen molar-refractivity contribution in [3.63, 3.8) is 0 Å². The molecule has 30 heavy (non-hydrogen) atoms. The van der Waals surface area contributed by atoms with Gasteiger partial charge in [0.05, 0.1) is 13.0 Å². The standard InChI is InChI=1S/C20H17F3N4O3/c21-20(22,23)16-7-5-13-18(25-16)27(11-2-1-3-11)19(24-13)26-17(28)8-9-29-15-10-12-4-6-14(15)30-12/h4-7,10-11H,1-3,8-9H2,(H,24,26,28). The normalized spacial score (nSPS) is 15.0. The Bertz CT molecular complexity index is 1210. The minimum atomic E-state index is -4.55. The van der Waals surface area contributed by atoms with Crippen LogP contribution in [-0.4, -0.2) is 27.0 Å². The number of hydrogen-bond acceptors (Lipinski definition) is 5. The van der Waals surface area contributed by atoms with E-state index >= 15 is 0 Å². The number of hydrogen-bond donors (Lipinski definition) is 1. The molecular weight excluding hydrogens is 401 g/mol. The van der Waals surface area contributed by atoms with Crippen molar-refractivity contribution in [2.75, 3.05) is 11.9 Å². The van der Waals surface area contributed by atoms with Crippen molar-refractivity contribution in [1.82, 2.24) is 14.5 Å². The lowest BCUT2D eigenvalue weighted by Gasteiger charge is -2.28. The van der Waals surface area contributed by atoms with E-state index in [-0.39, 0.29) is 36.6 Å². The SMILES string of the molecule is O=C(CCOc1cc2ccc1o2)Nc1nc2ccc(C(F)(F)F)nc2n1C1CCC1. The Morgan fingerprint density at radius 1 is 1.23 bits per heavy atom. The highest BCUT2D eigenvalue weighted by Crippen LogP contribution is 2.38. The summed E-state index contributed by atoms with van der Waals surface area (Å²) in [5.74, 6) is 0.438. The van der Waals surface area contributed by atoms with E-state index in [1.54, 1.807) is 16.7 Å². The molecular formula is C20H17F3N4O3. The first kappa shape index (κ1) is 18.7. The van der Waals surface area contributed by atoms with Gasteiger partial charge in [-0.3, -0.25) is 14.7 Å². The van der Waals surface area contributed by atoms with Crippen molar-refractivity contribution in [2.45, 2.75) is 37.9 Å². The largest absolute Gasteiger partial charge is 0.489 e. The maximum Gasteiger partial charge on any atom is 0.433 e. The Kier molecular flexibility index (Phi) is 4.30. The van der Waals surface area contributed by atoms with Crippen LogP contribution in [0.25, 0.3) is 22.3 Å². The maximum absolute atomic E-state index is 13.1. The minimum absolute atomic E-state index is 0.0333. The molecule has 1 fully saturated rings. The zero-order valence-electron chi connectivity index (χ0n) is 15.7. The van der Waals surface area contributed by atoms with Gasteiger partial charge in [-0.05, 0) is 43.5 Å². The quantitative estimate of drug-likeness (QED) is 0.488. The number of carbonyl (C=O) groups is 1. The number of amides is 1. The van der Waals surface area contributed by atoms with Gasteiger partial charge in [-0.15, -0.1) is 0 Å². The molecule has 1 saturated carbocycles. The third-order valence-corrected chi connectivity index (χ3v) is 5.25. The number of alkyl halides is 3. The molecule has 10 heteroatoms. The molecule has 0 spiro atoms. The number of aromatic nitrogens is 3. The molecule has 0 radical (unpaired) electrons. The number of halogens is 3. The molecule has 0 aromatic carbocycles. The molecule has 1 amide bonds. The lowest BCUT2D eigenvalue weighted by molar-refractivity contribution is -0.141. The van der Waals surface area contributed by atoms with E-state index in [0.29, 0.717) is 22.4 Å². The van der Waals surface area contributed by atoms with Crippen molar-refractivity contribution in [3.05, 3.63) is 36.0 Å². The van der Waals surface area contributed by atoms with E-state index in [4.69, 9.17) is 9.15 Å². The van der Waals surface area contributed by atoms with Crippen molar-refractivity contribution in [3.8, 4) is 5.75 Å². The number of nitrogens with zero attached hydrogens (tertiary/aromatic N) is 3.